The van der Waals surface area contributed by atoms with Crippen LogP contribution in [-0.4, -0.2) is 145 Å². The molecular formula is C30H50N7O15P. The molecule has 2 aliphatic rings. The van der Waals surface area contributed by atoms with Gasteiger partial charge in [0.15, 0.2) is 17.4 Å². The smallest absolute Gasteiger partial charge is 0.390 e. The number of nitrogens with two attached hydrogens (primary N) is 1. The molecule has 9 atom stereocenters. The Morgan fingerprint density at radius 3 is 2.57 bits per heavy atom. The maximum Gasteiger partial charge on any atom is 0.469 e. The van der Waals surface area contributed by atoms with Crippen LogP contribution in [-0.2, 0) is 42.4 Å². The number of nitrogens with one attached hydrogen (secondary N) is 3. The van der Waals surface area contributed by atoms with Crippen molar-refractivity contribution in [3.63, 3.8) is 0 Å². The number of nitrogens with zero attached hydrogens (tertiary/aromatic N) is 3. The van der Waals surface area contributed by atoms with Gasteiger partial charge in [0.1, 0.15) is 31.2 Å². The van der Waals surface area contributed by atoms with Gasteiger partial charge >= 0.3 is 7.82 Å². The third-order valence-electron chi connectivity index (χ3n) is 8.89. The summed E-state index contributed by atoms with van der Waals surface area (Å²) in [6, 6.07) is -0.714. The number of aliphatic hydroxyl groups is 3. The number of anilines is 1. The zero-order valence-electron chi connectivity index (χ0n) is 29.4. The van der Waals surface area contributed by atoms with Crippen LogP contribution in [0, 0.1) is 5.92 Å². The number of aromatic amines is 1. The molecule has 0 aromatic carbocycles. The topological polar surface area (TPSA) is 321 Å². The summed E-state index contributed by atoms with van der Waals surface area (Å²) in [5.74, 6) is -0.836. The number of hydrogen-bond acceptors (Lipinski definition) is 16. The molecule has 1 saturated heterocycles. The van der Waals surface area contributed by atoms with Gasteiger partial charge in [0.05, 0.1) is 51.0 Å². The number of aromatic nitrogens is 4. The second kappa shape index (κ2) is 20.0. The average Bonchev–Trinajstić information content (AvgIpc) is 3.65. The fourth-order valence-corrected chi connectivity index (χ4v) is 6.57. The summed E-state index contributed by atoms with van der Waals surface area (Å²) in [6.07, 6.45) is -3.77. The van der Waals surface area contributed by atoms with Crippen molar-refractivity contribution in [2.24, 2.45) is 5.92 Å². The lowest BCUT2D eigenvalue weighted by Crippen LogP contribution is -2.61. The first-order chi connectivity index (χ1) is 25.2. The number of fused-ring (bicyclic) bond motifs is 1. The number of phosphoric acid groups is 1. The molecule has 23 heteroatoms. The lowest BCUT2D eigenvalue weighted by molar-refractivity contribution is -0.143. The summed E-state index contributed by atoms with van der Waals surface area (Å²) in [7, 11) is -4.88. The molecular weight excluding hydrogens is 729 g/mol. The summed E-state index contributed by atoms with van der Waals surface area (Å²) in [5, 5.41) is 37.2. The van der Waals surface area contributed by atoms with Crippen molar-refractivity contribution in [2.75, 3.05) is 52.1 Å². The summed E-state index contributed by atoms with van der Waals surface area (Å²) in [4.78, 5) is 64.7. The number of imidazole rings is 1. The van der Waals surface area contributed by atoms with E-state index in [1.165, 1.54) is 17.8 Å². The van der Waals surface area contributed by atoms with Crippen LogP contribution in [0.1, 0.15) is 52.2 Å². The van der Waals surface area contributed by atoms with Crippen LogP contribution in [0.5, 0.6) is 0 Å². The van der Waals surface area contributed by atoms with Gasteiger partial charge in [-0.1, -0.05) is 13.3 Å². The van der Waals surface area contributed by atoms with Crippen molar-refractivity contribution < 1.29 is 67.5 Å². The molecule has 2 aromatic heterocycles. The highest BCUT2D eigenvalue weighted by Crippen LogP contribution is 2.39. The molecule has 2 fully saturated rings. The van der Waals surface area contributed by atoms with E-state index in [0.717, 1.165) is 0 Å². The molecule has 1 aliphatic carbocycles. The minimum atomic E-state index is -4.88. The molecule has 53 heavy (non-hydrogen) atoms. The molecule has 10 N–H and O–H groups in total. The van der Waals surface area contributed by atoms with Gasteiger partial charge in [0.2, 0.25) is 17.8 Å². The maximum absolute atomic E-state index is 12.2. The number of nitrogen functional groups attached to an aromatic ring is 1. The first-order valence-corrected chi connectivity index (χ1v) is 18.8. The molecule has 4 rings (SSSR count). The number of H-pyrrole nitrogens is 1. The Labute approximate surface area is 303 Å². The Morgan fingerprint density at radius 1 is 1.09 bits per heavy atom. The van der Waals surface area contributed by atoms with E-state index in [4.69, 9.17) is 39.2 Å². The van der Waals surface area contributed by atoms with Gasteiger partial charge < -0.3 is 65.2 Å². The maximum atomic E-state index is 12.2. The highest BCUT2D eigenvalue weighted by molar-refractivity contribution is 7.46. The van der Waals surface area contributed by atoms with Crippen molar-refractivity contribution in [1.29, 1.82) is 0 Å². The van der Waals surface area contributed by atoms with Crippen molar-refractivity contribution in [3.8, 4) is 0 Å². The summed E-state index contributed by atoms with van der Waals surface area (Å²) in [5.41, 5.74) is 5.01. The van der Waals surface area contributed by atoms with Crippen LogP contribution < -0.4 is 21.9 Å². The molecule has 0 unspecified atom stereocenters. The number of aliphatic hydroxyl groups excluding tert-OH is 3. The monoisotopic (exact) mass is 779 g/mol. The summed E-state index contributed by atoms with van der Waals surface area (Å²) in [6.45, 7) is 3.25. The number of amides is 2. The van der Waals surface area contributed by atoms with Gasteiger partial charge in [-0.2, -0.15) is 4.98 Å². The third kappa shape index (κ3) is 12.2. The van der Waals surface area contributed by atoms with E-state index < -0.39 is 68.9 Å². The van der Waals surface area contributed by atoms with Crippen LogP contribution in [0.2, 0.25) is 0 Å². The highest BCUT2D eigenvalue weighted by Gasteiger charge is 2.47. The molecule has 1 aliphatic heterocycles. The molecule has 22 nitrogen and oxygen atoms in total. The van der Waals surface area contributed by atoms with Crippen molar-refractivity contribution in [2.45, 2.75) is 94.8 Å². The zero-order valence-corrected chi connectivity index (χ0v) is 30.3. The van der Waals surface area contributed by atoms with Gasteiger partial charge in [0, 0.05) is 26.5 Å². The van der Waals surface area contributed by atoms with Gasteiger partial charge in [0.25, 0.3) is 5.56 Å². The van der Waals surface area contributed by atoms with Crippen LogP contribution in [0.25, 0.3) is 11.2 Å². The molecule has 1 saturated carbocycles. The van der Waals surface area contributed by atoms with Gasteiger partial charge in [-0.15, -0.1) is 0 Å². The van der Waals surface area contributed by atoms with Crippen LogP contribution in [0.15, 0.2) is 11.1 Å². The summed E-state index contributed by atoms with van der Waals surface area (Å²) >= 11 is 0. The minimum absolute atomic E-state index is 0.0189. The number of ether oxygens (including phenoxy) is 5. The quantitative estimate of drug-likeness (QED) is 0.0368. The number of rotatable bonds is 21. The Kier molecular flexibility index (Phi) is 16.1. The Bertz CT molecular complexity index is 1590. The second-order valence-electron chi connectivity index (χ2n) is 12.7. The third-order valence-corrected chi connectivity index (χ3v) is 9.38. The van der Waals surface area contributed by atoms with E-state index in [2.05, 4.69) is 30.1 Å². The normalized spacial score (nSPS) is 27.6. The SMILES string of the molecule is CC[C@H]1C[C@@H](OCCCCC(=O)NCCOCCOCO[C@@H]2[C@H](O)[C@@H](COP(=O)(O)O)O[C@H]2n2cnc3c(=O)[nH]c(N)nc32)[C@H](NC(C)=O)[C@@H](O)[C@H]1O. The number of phosphoric ester groups is 1. The molecule has 2 amide bonds. The van der Waals surface area contributed by atoms with E-state index in [-0.39, 0.29) is 74.4 Å². The lowest BCUT2D eigenvalue weighted by atomic mass is 9.78. The number of hydrogen-bond donors (Lipinski definition) is 9. The van der Waals surface area contributed by atoms with E-state index in [9.17, 15) is 34.3 Å². The zero-order chi connectivity index (χ0) is 38.7. The van der Waals surface area contributed by atoms with Crippen LogP contribution >= 0.6 is 7.82 Å². The fourth-order valence-electron chi connectivity index (χ4n) is 6.23. The standard InChI is InChI=1S/C30H50N7O15P/c1-3-17-12-18(21(34-16(2)38)25(42)23(17)40)49-8-5-4-6-20(39)32-7-9-47-10-11-48-15-50-26-24(41)19(13-51-53(44,45)46)52-29(26)37-14-33-22-27(37)35-30(31)36-28(22)43/h14,17-19,21,23-26,29,40-42H,3-13,15H2,1-2H3,(H,32,39)(H,34,38)(H2,44,45,46)(H3,31,35,36,43)/t17-,18+,19+,21-,23-,24+,25+,26+,29+/m0/s1. The number of carbonyl (C=O) groups excluding carboxylic acids is 2. The minimum Gasteiger partial charge on any atom is -0.390 e. The van der Waals surface area contributed by atoms with Gasteiger partial charge in [-0.05, 0) is 25.2 Å². The Hall–Kier alpha value is -3.12. The predicted molar refractivity (Wildman–Crippen MR) is 182 cm³/mol. The molecule has 2 aromatic rings. The van der Waals surface area contributed by atoms with E-state index in [1.54, 1.807) is 0 Å². The summed E-state index contributed by atoms with van der Waals surface area (Å²) < 4.78 is 45.4. The molecule has 0 bridgehead atoms. The van der Waals surface area contributed by atoms with E-state index in [0.29, 0.717) is 32.3 Å². The fraction of sp³-hybridized carbons (Fsp3) is 0.767. The molecule has 0 radical (unpaired) electrons. The predicted octanol–water partition coefficient (Wildman–Crippen LogP) is -2.23. The first-order valence-electron chi connectivity index (χ1n) is 17.2. The van der Waals surface area contributed by atoms with Crippen LogP contribution in [0.3, 0.4) is 0 Å². The molecule has 3 heterocycles. The second-order valence-corrected chi connectivity index (χ2v) is 14.0. The van der Waals surface area contributed by atoms with Crippen molar-refractivity contribution >= 4 is 36.7 Å². The van der Waals surface area contributed by atoms with Gasteiger partial charge in [-0.3, -0.25) is 28.5 Å². The lowest BCUT2D eigenvalue weighted by Gasteiger charge is -2.42. The molecule has 300 valence electrons. The number of unbranched alkanes of at least 4 members (excludes halogenated alkanes) is 1. The Morgan fingerprint density at radius 2 is 1.85 bits per heavy atom. The van der Waals surface area contributed by atoms with E-state index in [1.807, 2.05) is 6.92 Å². The van der Waals surface area contributed by atoms with Gasteiger partial charge in [-0.25, -0.2) is 9.55 Å². The molecule has 0 spiro atoms. The average molecular weight is 780 g/mol. The number of carbonyl (C=O) groups is 2. The van der Waals surface area contributed by atoms with Crippen molar-refractivity contribution in [3.05, 3.63) is 16.7 Å². The first kappa shape index (κ1) is 42.6. The van der Waals surface area contributed by atoms with E-state index >= 15 is 0 Å². The largest absolute Gasteiger partial charge is 0.469 e. The van der Waals surface area contributed by atoms with Crippen molar-refractivity contribution in [1.82, 2.24) is 30.2 Å². The Balaban J connectivity index is 1.11. The van der Waals surface area contributed by atoms with Crippen LogP contribution in [0.4, 0.5) is 5.95 Å². The highest BCUT2D eigenvalue weighted by atomic mass is 31.2.